The lowest BCUT2D eigenvalue weighted by Gasteiger charge is -2.11. The summed E-state index contributed by atoms with van der Waals surface area (Å²) in [5.74, 6) is -0.128. The molecule has 0 radical (unpaired) electrons. The molecule has 0 aromatic rings. The number of hydrogen-bond donors (Lipinski definition) is 4. The summed E-state index contributed by atoms with van der Waals surface area (Å²) in [6.45, 7) is 3.40. The monoisotopic (exact) mass is 173 g/mol. The van der Waals surface area contributed by atoms with Gasteiger partial charge in [0.05, 0.1) is 5.57 Å². The summed E-state index contributed by atoms with van der Waals surface area (Å²) in [6.07, 6.45) is -1.08. The van der Waals surface area contributed by atoms with Gasteiger partial charge in [-0.25, -0.2) is 0 Å². The first kappa shape index (κ1) is 11.1. The smallest absolute Gasteiger partial charge is 0.183 e. The molecule has 12 heavy (non-hydrogen) atoms. The van der Waals surface area contributed by atoms with E-state index in [4.69, 9.17) is 15.6 Å². The van der Waals surface area contributed by atoms with E-state index in [0.29, 0.717) is 12.8 Å². The van der Waals surface area contributed by atoms with Crippen LogP contribution in [-0.4, -0.2) is 27.3 Å². The van der Waals surface area contributed by atoms with Crippen LogP contribution in [0.3, 0.4) is 0 Å². The van der Waals surface area contributed by atoms with Crippen LogP contribution in [0.25, 0.3) is 0 Å². The first-order chi connectivity index (χ1) is 5.54. The Hall–Kier alpha value is -0.870. The van der Waals surface area contributed by atoms with Crippen LogP contribution < -0.4 is 0 Å². The van der Waals surface area contributed by atoms with Gasteiger partial charge >= 0.3 is 0 Å². The van der Waals surface area contributed by atoms with E-state index in [0.717, 1.165) is 0 Å². The molecule has 70 valence electrons. The van der Waals surface area contributed by atoms with Crippen molar-refractivity contribution in [2.45, 2.75) is 33.0 Å². The summed E-state index contributed by atoms with van der Waals surface area (Å²) in [6, 6.07) is 0. The third kappa shape index (κ3) is 2.64. The highest BCUT2D eigenvalue weighted by atomic mass is 16.5. The zero-order chi connectivity index (χ0) is 9.72. The second-order valence-corrected chi connectivity index (χ2v) is 2.42. The summed E-state index contributed by atoms with van der Waals surface area (Å²) in [4.78, 5) is 0. The summed E-state index contributed by atoms with van der Waals surface area (Å²) in [5, 5.41) is 34.2. The van der Waals surface area contributed by atoms with Gasteiger partial charge in [0, 0.05) is 12.1 Å². The van der Waals surface area contributed by atoms with E-state index in [1.165, 1.54) is 0 Å². The molecule has 0 unspecified atom stereocenters. The minimum absolute atomic E-state index is 0.0596. The molecule has 4 nitrogen and oxygen atoms in total. The maximum absolute atomic E-state index is 9.21. The van der Waals surface area contributed by atoms with Crippen molar-refractivity contribution in [2.75, 3.05) is 0 Å². The number of aliphatic hydroxyl groups excluding tert-OH is 2. The fourth-order valence-electron chi connectivity index (χ4n) is 0.860. The van der Waals surface area contributed by atoms with Gasteiger partial charge in [-0.2, -0.15) is 0 Å². The Labute approximate surface area is 71.7 Å². The predicted molar refractivity (Wildman–Crippen MR) is 46.2 cm³/mol. The van der Waals surface area contributed by atoms with Gasteiger partial charge in [0.1, 0.15) is 5.76 Å². The third-order valence-corrected chi connectivity index (χ3v) is 1.58. The van der Waals surface area contributed by atoms with Crippen molar-refractivity contribution in [3.05, 3.63) is 11.3 Å². The minimum atomic E-state index is -1.75. The summed E-state index contributed by atoms with van der Waals surface area (Å²) >= 11 is 0. The Morgan fingerprint density at radius 3 is 2.00 bits per heavy atom. The number of aliphatic hydroxyl groups is 3. The van der Waals surface area contributed by atoms with Gasteiger partial charge in [-0.1, -0.05) is 13.8 Å². The predicted octanol–water partition coefficient (Wildman–Crippen LogP) is 0.949. The van der Waals surface area contributed by atoms with Crippen LogP contribution in [0.5, 0.6) is 0 Å². The van der Waals surface area contributed by atoms with E-state index < -0.39 is 6.29 Å². The summed E-state index contributed by atoms with van der Waals surface area (Å²) in [5.41, 5.74) is -0.00986. The number of hydrogen-bond acceptors (Lipinski definition) is 4. The van der Waals surface area contributed by atoms with E-state index >= 15 is 0 Å². The topological polar surface area (TPSA) is 84.5 Å². The molecule has 0 aromatic carbocycles. The highest BCUT2D eigenvalue weighted by Crippen LogP contribution is 2.11. The Morgan fingerprint density at radius 1 is 1.25 bits per heavy atom. The van der Waals surface area contributed by atoms with E-state index in [9.17, 15) is 5.11 Å². The number of rotatable bonds is 4. The lowest BCUT2D eigenvalue weighted by Crippen LogP contribution is -2.18. The largest absolute Gasteiger partial charge is 0.512 e. The molecule has 0 fully saturated rings. The summed E-state index contributed by atoms with van der Waals surface area (Å²) in [7, 11) is 0. The van der Waals surface area contributed by atoms with Crippen LogP contribution in [0.4, 0.5) is 0 Å². The van der Waals surface area contributed by atoms with Crippen molar-refractivity contribution in [2.24, 2.45) is 0 Å². The van der Waals surface area contributed by atoms with E-state index in [-0.39, 0.29) is 17.0 Å². The van der Waals surface area contributed by atoms with Crippen molar-refractivity contribution in [1.29, 1.82) is 5.41 Å². The van der Waals surface area contributed by atoms with Gasteiger partial charge in [-0.15, -0.1) is 0 Å². The van der Waals surface area contributed by atoms with Crippen LogP contribution in [0.1, 0.15) is 26.7 Å². The molecule has 0 saturated carbocycles. The fourth-order valence-corrected chi connectivity index (χ4v) is 0.860. The zero-order valence-electron chi connectivity index (χ0n) is 7.33. The zero-order valence-corrected chi connectivity index (χ0v) is 7.33. The second kappa shape index (κ2) is 4.90. The Kier molecular flexibility index (Phi) is 4.54. The fraction of sp³-hybridized carbons (Fsp3) is 0.625. The van der Waals surface area contributed by atoms with Crippen LogP contribution in [0.15, 0.2) is 11.3 Å². The highest BCUT2D eigenvalue weighted by Gasteiger charge is 2.15. The minimum Gasteiger partial charge on any atom is -0.512 e. The molecule has 0 aliphatic heterocycles. The number of allylic oxidation sites excluding steroid dienone is 1. The van der Waals surface area contributed by atoms with E-state index in [1.54, 1.807) is 13.8 Å². The molecule has 4 heteroatoms. The maximum atomic E-state index is 9.21. The molecule has 0 heterocycles. The Morgan fingerprint density at radius 2 is 1.75 bits per heavy atom. The lowest BCUT2D eigenvalue weighted by atomic mass is 10.1. The first-order valence-corrected chi connectivity index (χ1v) is 3.90. The average Bonchev–Trinajstić information content (AvgIpc) is 2.03. The van der Waals surface area contributed by atoms with Gasteiger partial charge in [0.2, 0.25) is 0 Å². The normalized spacial score (nSPS) is 13.1. The van der Waals surface area contributed by atoms with Crippen molar-refractivity contribution >= 4 is 5.71 Å². The van der Waals surface area contributed by atoms with Crippen molar-refractivity contribution in [3.8, 4) is 0 Å². The van der Waals surface area contributed by atoms with Gasteiger partial charge in [0.15, 0.2) is 6.29 Å². The quantitative estimate of drug-likeness (QED) is 0.290. The van der Waals surface area contributed by atoms with Crippen LogP contribution in [-0.2, 0) is 0 Å². The molecular formula is C8H15NO3. The number of nitrogens with one attached hydrogen (secondary N) is 1. The standard InChI is InChI=1S/C8H15NO3/c1-3-5(9)7(8(11)12)6(10)4-2/h8-12H,3-4H2,1-2H3/b7-6+,9-5?. The van der Waals surface area contributed by atoms with E-state index in [2.05, 4.69) is 0 Å². The molecule has 4 N–H and O–H groups in total. The molecule has 0 aromatic heterocycles. The van der Waals surface area contributed by atoms with Gasteiger partial charge < -0.3 is 20.7 Å². The third-order valence-electron chi connectivity index (χ3n) is 1.58. The summed E-state index contributed by atoms with van der Waals surface area (Å²) < 4.78 is 0. The molecule has 0 aliphatic carbocycles. The second-order valence-electron chi connectivity index (χ2n) is 2.42. The SMILES string of the molecule is CCC(=N)/C(=C(\O)CC)C(O)O. The molecule has 0 spiro atoms. The van der Waals surface area contributed by atoms with Gasteiger partial charge in [-0.05, 0) is 6.42 Å². The van der Waals surface area contributed by atoms with Crippen LogP contribution in [0, 0.1) is 5.41 Å². The van der Waals surface area contributed by atoms with Crippen molar-refractivity contribution in [3.63, 3.8) is 0 Å². The highest BCUT2D eigenvalue weighted by molar-refractivity contribution is 5.98. The van der Waals surface area contributed by atoms with Crippen molar-refractivity contribution < 1.29 is 15.3 Å². The van der Waals surface area contributed by atoms with E-state index in [1.807, 2.05) is 0 Å². The molecule has 0 saturated heterocycles. The Balaban J connectivity index is 4.78. The van der Waals surface area contributed by atoms with Crippen LogP contribution >= 0.6 is 0 Å². The Bertz CT molecular complexity index is 196. The first-order valence-electron chi connectivity index (χ1n) is 3.90. The molecule has 0 atom stereocenters. The average molecular weight is 173 g/mol. The molecule has 0 rings (SSSR count). The maximum Gasteiger partial charge on any atom is 0.183 e. The molecule has 0 bridgehead atoms. The lowest BCUT2D eigenvalue weighted by molar-refractivity contribution is -0.00610. The van der Waals surface area contributed by atoms with Gasteiger partial charge in [0.25, 0.3) is 0 Å². The molecule has 0 aliphatic rings. The van der Waals surface area contributed by atoms with Crippen LogP contribution in [0.2, 0.25) is 0 Å². The van der Waals surface area contributed by atoms with Crippen molar-refractivity contribution in [1.82, 2.24) is 0 Å². The van der Waals surface area contributed by atoms with Gasteiger partial charge in [-0.3, -0.25) is 0 Å². The molecular weight excluding hydrogens is 158 g/mol. The molecule has 0 amide bonds.